The number of quaternary nitrogens is 1. The van der Waals surface area contributed by atoms with E-state index in [0.717, 1.165) is 0 Å². The zero-order chi connectivity index (χ0) is 10.4. The largest absolute Gasteiger partial charge is 0.443 e. The topological polar surface area (TPSA) is 66.7 Å². The average Bonchev–Trinajstić information content (AvgIpc) is 2.45. The number of nitrogens with zero attached hydrogens (tertiary/aromatic N) is 2. The molecule has 1 heterocycles. The van der Waals surface area contributed by atoms with Crippen LogP contribution in [0.25, 0.3) is 0 Å². The Bertz CT molecular complexity index is 509. The average molecular weight is 213 g/mol. The van der Waals surface area contributed by atoms with Gasteiger partial charge in [-0.2, -0.15) is 4.99 Å². The van der Waals surface area contributed by atoms with Gasteiger partial charge >= 0.3 is 10.3 Å². The maximum atomic E-state index is 11.2. The number of hydrogen-bond acceptors (Lipinski definition) is 3. The molecule has 74 valence electrons. The molecule has 6 heteroatoms. The molecule has 0 spiro atoms. The highest BCUT2D eigenvalue weighted by atomic mass is 32.2. The van der Waals surface area contributed by atoms with E-state index in [0.29, 0.717) is 11.4 Å². The standard InChI is InChI=1S/C8H8N2O3S/c1-10(14(11,12)13)6-9-7-4-2-3-5-8(7)10/h2-6H,1H3/p+1. The highest BCUT2D eigenvalue weighted by molar-refractivity contribution is 7.85. The molecule has 1 aromatic carbocycles. The van der Waals surface area contributed by atoms with E-state index in [4.69, 9.17) is 4.55 Å². The maximum Gasteiger partial charge on any atom is 0.443 e. The van der Waals surface area contributed by atoms with Crippen LogP contribution < -0.4 is 3.89 Å². The van der Waals surface area contributed by atoms with Crippen LogP contribution in [0.1, 0.15) is 0 Å². The van der Waals surface area contributed by atoms with Crippen molar-refractivity contribution in [2.45, 2.75) is 0 Å². The highest BCUT2D eigenvalue weighted by Gasteiger charge is 2.43. The number of benzene rings is 1. The molecule has 0 aliphatic carbocycles. The molecule has 1 aliphatic heterocycles. The normalized spacial score (nSPS) is 25.0. The molecule has 0 aromatic heterocycles. The first-order valence-electron chi connectivity index (χ1n) is 3.94. The van der Waals surface area contributed by atoms with Gasteiger partial charge < -0.3 is 0 Å². The van der Waals surface area contributed by atoms with Crippen molar-refractivity contribution in [1.29, 1.82) is 0 Å². The van der Waals surface area contributed by atoms with Crippen LogP contribution in [0.3, 0.4) is 0 Å². The first-order chi connectivity index (χ1) is 6.45. The van der Waals surface area contributed by atoms with Crippen molar-refractivity contribution in [3.63, 3.8) is 0 Å². The van der Waals surface area contributed by atoms with Crippen molar-refractivity contribution >= 4 is 28.0 Å². The predicted molar refractivity (Wildman–Crippen MR) is 53.9 cm³/mol. The third-order valence-corrected chi connectivity index (χ3v) is 3.51. The summed E-state index contributed by atoms with van der Waals surface area (Å²) in [5.74, 6) is 0. The molecule has 0 bridgehead atoms. The Morgan fingerprint density at radius 3 is 2.64 bits per heavy atom. The van der Waals surface area contributed by atoms with Gasteiger partial charge in [0.1, 0.15) is 5.69 Å². The van der Waals surface area contributed by atoms with Gasteiger partial charge in [-0.25, -0.2) is 4.55 Å². The Morgan fingerprint density at radius 1 is 1.36 bits per heavy atom. The smallest absolute Gasteiger partial charge is 0.241 e. The van der Waals surface area contributed by atoms with Gasteiger partial charge in [-0.1, -0.05) is 12.1 Å². The summed E-state index contributed by atoms with van der Waals surface area (Å²) in [5, 5.41) is 0. The van der Waals surface area contributed by atoms with Crippen LogP contribution in [-0.4, -0.2) is 26.4 Å². The minimum atomic E-state index is -4.23. The van der Waals surface area contributed by atoms with Crippen molar-refractivity contribution in [3.05, 3.63) is 24.3 Å². The van der Waals surface area contributed by atoms with Gasteiger partial charge in [0, 0.05) is 6.07 Å². The highest BCUT2D eigenvalue weighted by Crippen LogP contribution is 2.37. The number of aliphatic imine (C=N–C) groups is 1. The summed E-state index contributed by atoms with van der Waals surface area (Å²) in [4.78, 5) is 3.93. The van der Waals surface area contributed by atoms with Crippen molar-refractivity contribution in [2.75, 3.05) is 7.05 Å². The number of para-hydroxylation sites is 2. The van der Waals surface area contributed by atoms with E-state index >= 15 is 0 Å². The summed E-state index contributed by atoms with van der Waals surface area (Å²) >= 11 is 0. The first-order valence-corrected chi connectivity index (χ1v) is 5.33. The van der Waals surface area contributed by atoms with E-state index in [1.54, 1.807) is 24.3 Å². The zero-order valence-corrected chi connectivity index (χ0v) is 8.27. The quantitative estimate of drug-likeness (QED) is 0.561. The SMILES string of the molecule is C[N+]1(S(=O)(=O)O)C=Nc2ccccc21. The summed E-state index contributed by atoms with van der Waals surface area (Å²) in [6.45, 7) is 0. The van der Waals surface area contributed by atoms with E-state index in [-0.39, 0.29) is 0 Å². The Balaban J connectivity index is 2.71. The predicted octanol–water partition coefficient (Wildman–Crippen LogP) is 1.10. The van der Waals surface area contributed by atoms with Crippen LogP contribution in [0.4, 0.5) is 11.4 Å². The van der Waals surface area contributed by atoms with Crippen LogP contribution in [-0.2, 0) is 10.3 Å². The van der Waals surface area contributed by atoms with Gasteiger partial charge in [0.2, 0.25) is 6.34 Å². The molecule has 1 unspecified atom stereocenters. The fraction of sp³-hybridized carbons (Fsp3) is 0.125. The van der Waals surface area contributed by atoms with E-state index in [2.05, 4.69) is 4.99 Å². The molecule has 1 aromatic rings. The lowest BCUT2D eigenvalue weighted by Crippen LogP contribution is -2.47. The minimum Gasteiger partial charge on any atom is -0.241 e. The second-order valence-corrected chi connectivity index (χ2v) is 4.83. The van der Waals surface area contributed by atoms with Crippen LogP contribution in [0, 0.1) is 0 Å². The molecular formula is C8H9N2O3S+. The Morgan fingerprint density at radius 2 is 2.00 bits per heavy atom. The number of fused-ring (bicyclic) bond motifs is 1. The van der Waals surface area contributed by atoms with Gasteiger partial charge in [0.15, 0.2) is 5.69 Å². The van der Waals surface area contributed by atoms with Crippen molar-refractivity contribution in [3.8, 4) is 0 Å². The first kappa shape index (κ1) is 9.32. The molecule has 14 heavy (non-hydrogen) atoms. The molecule has 0 fully saturated rings. The molecule has 5 nitrogen and oxygen atoms in total. The molecule has 0 saturated heterocycles. The molecule has 0 saturated carbocycles. The lowest BCUT2D eigenvalue weighted by Gasteiger charge is -2.19. The third kappa shape index (κ3) is 1.08. The van der Waals surface area contributed by atoms with Crippen LogP contribution in [0.5, 0.6) is 0 Å². The summed E-state index contributed by atoms with van der Waals surface area (Å²) in [5.41, 5.74) is 1.02. The van der Waals surface area contributed by atoms with Crippen molar-refractivity contribution in [2.24, 2.45) is 4.99 Å². The van der Waals surface area contributed by atoms with Gasteiger partial charge in [-0.15, -0.1) is 12.3 Å². The van der Waals surface area contributed by atoms with Gasteiger partial charge in [0.05, 0.1) is 7.05 Å². The Labute approximate surface area is 81.8 Å². The number of hydrogen-bond donors (Lipinski definition) is 1. The molecule has 0 amide bonds. The van der Waals surface area contributed by atoms with Gasteiger partial charge in [-0.3, -0.25) is 0 Å². The summed E-state index contributed by atoms with van der Waals surface area (Å²) in [7, 11) is -2.86. The van der Waals surface area contributed by atoms with E-state index in [1.807, 2.05) is 0 Å². The monoisotopic (exact) mass is 213 g/mol. The molecule has 1 aliphatic rings. The molecule has 1 atom stereocenters. The third-order valence-electron chi connectivity index (χ3n) is 2.26. The maximum absolute atomic E-state index is 11.2. The second kappa shape index (κ2) is 2.63. The fourth-order valence-electron chi connectivity index (χ4n) is 1.37. The van der Waals surface area contributed by atoms with E-state index < -0.39 is 14.2 Å². The zero-order valence-electron chi connectivity index (χ0n) is 7.45. The molecule has 1 N–H and O–H groups in total. The van der Waals surface area contributed by atoms with Crippen LogP contribution in [0.15, 0.2) is 29.3 Å². The summed E-state index contributed by atoms with van der Waals surface area (Å²) < 4.78 is 30.7. The van der Waals surface area contributed by atoms with E-state index in [1.165, 1.54) is 13.4 Å². The van der Waals surface area contributed by atoms with Gasteiger partial charge in [0.25, 0.3) is 0 Å². The second-order valence-electron chi connectivity index (χ2n) is 3.17. The summed E-state index contributed by atoms with van der Waals surface area (Å²) in [6, 6.07) is 6.78. The van der Waals surface area contributed by atoms with Crippen molar-refractivity contribution < 1.29 is 13.0 Å². The lowest BCUT2D eigenvalue weighted by molar-refractivity contribution is 0.441. The molecule has 0 radical (unpaired) electrons. The van der Waals surface area contributed by atoms with Crippen molar-refractivity contribution in [1.82, 2.24) is 3.89 Å². The molecule has 2 rings (SSSR count). The van der Waals surface area contributed by atoms with Crippen LogP contribution >= 0.6 is 0 Å². The fourth-order valence-corrected chi connectivity index (χ4v) is 1.94. The lowest BCUT2D eigenvalue weighted by atomic mass is 10.3. The Kier molecular flexibility index (Phi) is 1.75. The number of rotatable bonds is 1. The van der Waals surface area contributed by atoms with Crippen LogP contribution in [0.2, 0.25) is 0 Å². The Hall–Kier alpha value is -1.24. The molecular weight excluding hydrogens is 204 g/mol. The summed E-state index contributed by atoms with van der Waals surface area (Å²) in [6.07, 6.45) is 1.19. The minimum absolute atomic E-state index is 0.454. The van der Waals surface area contributed by atoms with Gasteiger partial charge in [-0.05, 0) is 6.07 Å². The van der Waals surface area contributed by atoms with E-state index in [9.17, 15) is 8.42 Å².